The highest BCUT2D eigenvalue weighted by atomic mass is 32.1. The summed E-state index contributed by atoms with van der Waals surface area (Å²) < 4.78 is 6.96. The first-order valence-electron chi connectivity index (χ1n) is 10.3. The third-order valence-electron chi connectivity index (χ3n) is 5.41. The number of hydrogen-bond donors (Lipinski definition) is 1. The molecule has 1 fully saturated rings. The van der Waals surface area contributed by atoms with Crippen molar-refractivity contribution in [3.8, 4) is 5.69 Å². The highest BCUT2D eigenvalue weighted by Crippen LogP contribution is 2.39. The molecular formula is C24H26N4O2S. The van der Waals surface area contributed by atoms with Gasteiger partial charge in [0.1, 0.15) is 0 Å². The van der Waals surface area contributed by atoms with E-state index in [9.17, 15) is 4.79 Å². The maximum absolute atomic E-state index is 11.8. The van der Waals surface area contributed by atoms with Gasteiger partial charge in [0.15, 0.2) is 5.11 Å². The molecular weight excluding hydrogens is 408 g/mol. The Balaban J connectivity index is 1.76. The molecule has 1 aliphatic heterocycles. The van der Waals surface area contributed by atoms with Crippen LogP contribution in [0.4, 0.5) is 0 Å². The Labute approximate surface area is 187 Å². The second-order valence-corrected chi connectivity index (χ2v) is 8.40. The van der Waals surface area contributed by atoms with Gasteiger partial charge >= 0.3 is 5.97 Å². The number of rotatable bonds is 6. The molecule has 6 nitrogen and oxygen atoms in total. The molecule has 7 heteroatoms. The lowest BCUT2D eigenvalue weighted by atomic mass is 10.0. The summed E-state index contributed by atoms with van der Waals surface area (Å²) in [5.74, 6) is 0.107. The van der Waals surface area contributed by atoms with Gasteiger partial charge in [0.05, 0.1) is 30.5 Å². The van der Waals surface area contributed by atoms with Crippen molar-refractivity contribution >= 4 is 23.3 Å². The van der Waals surface area contributed by atoms with Crippen LogP contribution < -0.4 is 5.32 Å². The third kappa shape index (κ3) is 4.18. The van der Waals surface area contributed by atoms with Crippen molar-refractivity contribution in [3.63, 3.8) is 0 Å². The van der Waals surface area contributed by atoms with Gasteiger partial charge in [0.25, 0.3) is 0 Å². The fourth-order valence-corrected chi connectivity index (χ4v) is 4.38. The van der Waals surface area contributed by atoms with E-state index in [2.05, 4.69) is 39.7 Å². The Morgan fingerprint density at radius 1 is 1.16 bits per heavy atom. The van der Waals surface area contributed by atoms with Crippen LogP contribution in [0.2, 0.25) is 0 Å². The van der Waals surface area contributed by atoms with Crippen LogP contribution in [0.3, 0.4) is 0 Å². The van der Waals surface area contributed by atoms with E-state index in [1.807, 2.05) is 48.8 Å². The Hall–Kier alpha value is -3.19. The lowest BCUT2D eigenvalue weighted by Crippen LogP contribution is -2.33. The third-order valence-corrected chi connectivity index (χ3v) is 5.76. The molecule has 2 atom stereocenters. The minimum atomic E-state index is -0.344. The quantitative estimate of drug-likeness (QED) is 0.461. The summed E-state index contributed by atoms with van der Waals surface area (Å²) >= 11 is 5.73. The zero-order chi connectivity index (χ0) is 22.0. The second kappa shape index (κ2) is 8.89. The Morgan fingerprint density at radius 2 is 1.94 bits per heavy atom. The number of hydrogen-bond acceptors (Lipinski definition) is 4. The number of thiocarbonyl (C=S) groups is 1. The van der Waals surface area contributed by atoms with Gasteiger partial charge in [-0.05, 0) is 66.7 Å². The molecule has 0 aliphatic carbocycles. The fraction of sp³-hybridized carbons (Fsp3) is 0.292. The number of carbonyl (C=O) groups excluding carboxylic acids is 1. The molecule has 1 saturated heterocycles. The molecule has 160 valence electrons. The topological polar surface area (TPSA) is 59.4 Å². The Morgan fingerprint density at radius 3 is 2.58 bits per heavy atom. The van der Waals surface area contributed by atoms with Crippen molar-refractivity contribution in [1.82, 2.24) is 19.8 Å². The number of esters is 1. The van der Waals surface area contributed by atoms with Crippen LogP contribution in [-0.2, 0) is 4.74 Å². The van der Waals surface area contributed by atoms with Gasteiger partial charge in [-0.25, -0.2) is 4.79 Å². The van der Waals surface area contributed by atoms with Crippen LogP contribution in [0.25, 0.3) is 5.69 Å². The molecule has 1 aliphatic rings. The summed E-state index contributed by atoms with van der Waals surface area (Å²) in [5.41, 5.74) is 3.55. The summed E-state index contributed by atoms with van der Waals surface area (Å²) in [6.45, 7) is 5.23. The largest absolute Gasteiger partial charge is 0.465 e. The average molecular weight is 435 g/mol. The number of nitrogens with one attached hydrogen (secondary N) is 1. The summed E-state index contributed by atoms with van der Waals surface area (Å²) in [7, 11) is 1.39. The van der Waals surface area contributed by atoms with Crippen molar-refractivity contribution in [1.29, 1.82) is 0 Å². The van der Waals surface area contributed by atoms with Crippen molar-refractivity contribution < 1.29 is 9.53 Å². The zero-order valence-corrected chi connectivity index (χ0v) is 18.7. The zero-order valence-electron chi connectivity index (χ0n) is 17.9. The SMILES string of the molecule is COC(=O)c1ccc(-n2cccc2[C@@H]2[C@H](c3ccccn3)NC(=S)N2CC(C)C)cc1. The monoisotopic (exact) mass is 434 g/mol. The van der Waals surface area contributed by atoms with E-state index in [1.165, 1.54) is 7.11 Å². The minimum absolute atomic E-state index is 0.0138. The second-order valence-electron chi connectivity index (χ2n) is 8.01. The fourth-order valence-electron chi connectivity index (χ4n) is 4.06. The first kappa shape index (κ1) is 21.1. The molecule has 1 aromatic carbocycles. The summed E-state index contributed by atoms with van der Waals surface area (Å²) in [6.07, 6.45) is 3.85. The van der Waals surface area contributed by atoms with Crippen molar-refractivity contribution in [3.05, 3.63) is 83.9 Å². The van der Waals surface area contributed by atoms with Crippen molar-refractivity contribution in [2.75, 3.05) is 13.7 Å². The molecule has 2 aromatic heterocycles. The van der Waals surface area contributed by atoms with Gasteiger partial charge < -0.3 is 19.5 Å². The number of pyridine rings is 1. The van der Waals surface area contributed by atoms with Gasteiger partial charge in [-0.15, -0.1) is 0 Å². The Bertz CT molecular complexity index is 1060. The molecule has 4 rings (SSSR count). The van der Waals surface area contributed by atoms with E-state index in [0.29, 0.717) is 11.5 Å². The summed E-state index contributed by atoms with van der Waals surface area (Å²) in [6, 6.07) is 17.5. The van der Waals surface area contributed by atoms with E-state index in [4.69, 9.17) is 17.0 Å². The molecule has 1 N–H and O–H groups in total. The Kier molecular flexibility index (Phi) is 6.04. The maximum Gasteiger partial charge on any atom is 0.337 e. The van der Waals surface area contributed by atoms with Crippen LogP contribution in [0.1, 0.15) is 47.7 Å². The van der Waals surface area contributed by atoms with Gasteiger partial charge in [-0.2, -0.15) is 0 Å². The normalized spacial score (nSPS) is 18.3. The molecule has 0 saturated carbocycles. The molecule has 0 unspecified atom stereocenters. The molecule has 3 heterocycles. The number of carbonyl (C=O) groups is 1. The minimum Gasteiger partial charge on any atom is -0.465 e. The van der Waals surface area contributed by atoms with Crippen molar-refractivity contribution in [2.45, 2.75) is 25.9 Å². The van der Waals surface area contributed by atoms with Gasteiger partial charge in [0, 0.05) is 30.3 Å². The van der Waals surface area contributed by atoms with Crippen LogP contribution in [0.15, 0.2) is 67.0 Å². The number of benzene rings is 1. The van der Waals surface area contributed by atoms with Crippen LogP contribution in [-0.4, -0.2) is 39.2 Å². The maximum atomic E-state index is 11.8. The standard InChI is InChI=1S/C24H26N4O2S/c1-16(2)15-28-22(21(26-24(28)31)19-7-4-5-13-25-19)20-8-6-14-27(20)18-11-9-17(10-12-18)23(29)30-3/h4-14,16,21-22H,15H2,1-3H3,(H,26,31)/t21-,22+/m0/s1. The molecule has 0 bridgehead atoms. The number of ether oxygens (including phenoxy) is 1. The van der Waals surface area contributed by atoms with Crippen molar-refractivity contribution in [2.24, 2.45) is 5.92 Å². The smallest absolute Gasteiger partial charge is 0.337 e. The average Bonchev–Trinajstić information content (AvgIpc) is 3.38. The lowest BCUT2D eigenvalue weighted by Gasteiger charge is -2.30. The van der Waals surface area contributed by atoms with Crippen LogP contribution in [0, 0.1) is 5.92 Å². The lowest BCUT2D eigenvalue weighted by molar-refractivity contribution is 0.0600. The summed E-state index contributed by atoms with van der Waals surface area (Å²) in [5, 5.41) is 4.23. The predicted molar refractivity (Wildman–Crippen MR) is 124 cm³/mol. The first-order chi connectivity index (χ1) is 15.0. The first-order valence-corrected chi connectivity index (χ1v) is 10.7. The molecule has 0 spiro atoms. The summed E-state index contributed by atoms with van der Waals surface area (Å²) in [4.78, 5) is 18.7. The molecule has 3 aromatic rings. The number of methoxy groups -OCH3 is 1. The highest BCUT2D eigenvalue weighted by molar-refractivity contribution is 7.80. The molecule has 31 heavy (non-hydrogen) atoms. The van der Waals surface area contributed by atoms with E-state index >= 15 is 0 Å². The van der Waals surface area contributed by atoms with E-state index in [1.54, 1.807) is 12.1 Å². The van der Waals surface area contributed by atoms with Gasteiger partial charge in [-0.3, -0.25) is 4.98 Å². The number of nitrogens with zero attached hydrogens (tertiary/aromatic N) is 3. The van der Waals surface area contributed by atoms with Crippen LogP contribution >= 0.6 is 12.2 Å². The molecule has 0 radical (unpaired) electrons. The van der Waals surface area contributed by atoms with E-state index in [0.717, 1.165) is 28.7 Å². The number of aromatic nitrogens is 2. The highest BCUT2D eigenvalue weighted by Gasteiger charge is 2.41. The van der Waals surface area contributed by atoms with Gasteiger partial charge in [-0.1, -0.05) is 19.9 Å². The van der Waals surface area contributed by atoms with E-state index < -0.39 is 0 Å². The van der Waals surface area contributed by atoms with Gasteiger partial charge in [0.2, 0.25) is 0 Å². The van der Waals surface area contributed by atoms with Crippen LogP contribution in [0.5, 0.6) is 0 Å². The van der Waals surface area contributed by atoms with E-state index in [-0.39, 0.29) is 18.1 Å². The predicted octanol–water partition coefficient (Wildman–Crippen LogP) is 4.29. The molecule has 0 amide bonds.